The van der Waals surface area contributed by atoms with Crippen LogP contribution in [0.3, 0.4) is 0 Å². The minimum Gasteiger partial charge on any atom is 1.00 e. The number of rotatable bonds is 0. The van der Waals surface area contributed by atoms with E-state index in [2.05, 4.69) is 0 Å². The molecule has 0 saturated carbocycles. The Labute approximate surface area is 156 Å². The Hall–Kier alpha value is 5.27. The van der Waals surface area contributed by atoms with Crippen molar-refractivity contribution in [3.63, 3.8) is 0 Å². The molecule has 0 nitrogen and oxygen atoms in total. The van der Waals surface area contributed by atoms with E-state index >= 15 is 0 Å². The SMILES string of the molecule is [K+].[K+].[Na+].[Na+]. The van der Waals surface area contributed by atoms with Gasteiger partial charge in [0.1, 0.15) is 0 Å². The van der Waals surface area contributed by atoms with Crippen LogP contribution in [-0.4, -0.2) is 0 Å². The molecule has 0 unspecified atom stereocenters. The van der Waals surface area contributed by atoms with E-state index in [9.17, 15) is 0 Å². The zero-order chi connectivity index (χ0) is 0. The van der Waals surface area contributed by atoms with Crippen LogP contribution in [0.2, 0.25) is 0 Å². The zero-order valence-corrected chi connectivity index (χ0v) is 14.2. The Bertz CT molecular complexity index is 4.00. The average molecular weight is 124 g/mol. The molecule has 0 N–H and O–H groups in total. The molecule has 0 aliphatic carbocycles. The second-order valence-corrected chi connectivity index (χ2v) is 0. The van der Waals surface area contributed by atoms with Crippen molar-refractivity contribution in [1.82, 2.24) is 0 Å². The predicted octanol–water partition coefficient (Wildman–Crippen LogP) is -12.0. The van der Waals surface area contributed by atoms with Gasteiger partial charge in [-0.25, -0.2) is 0 Å². The third kappa shape index (κ3) is 10.3. The summed E-state index contributed by atoms with van der Waals surface area (Å²) in [5, 5.41) is 0. The van der Waals surface area contributed by atoms with Crippen LogP contribution in [0, 0.1) is 0 Å². The molecule has 0 aliphatic heterocycles. The minimum absolute atomic E-state index is 0. The van der Waals surface area contributed by atoms with Crippen LogP contribution in [0.5, 0.6) is 0 Å². The first-order chi connectivity index (χ1) is 0. The van der Waals surface area contributed by atoms with Gasteiger partial charge in [-0.05, 0) is 0 Å². The molecule has 0 rings (SSSR count). The second-order valence-electron chi connectivity index (χ2n) is 0. The van der Waals surface area contributed by atoms with Gasteiger partial charge >= 0.3 is 162 Å². The molecule has 0 amide bonds. The Kier molecular flexibility index (Phi) is 89.8. The molecule has 0 valence electrons. The summed E-state index contributed by atoms with van der Waals surface area (Å²) in [4.78, 5) is 0. The Morgan fingerprint density at radius 2 is 0.500 bits per heavy atom. The molecule has 0 aromatic rings. The Morgan fingerprint density at radius 1 is 0.500 bits per heavy atom. The van der Waals surface area contributed by atoms with Gasteiger partial charge in [-0.3, -0.25) is 0 Å². The van der Waals surface area contributed by atoms with E-state index in [1.165, 1.54) is 0 Å². The van der Waals surface area contributed by atoms with E-state index in [1.54, 1.807) is 0 Å². The van der Waals surface area contributed by atoms with Crippen LogP contribution < -0.4 is 162 Å². The smallest absolute Gasteiger partial charge is 1.00 e. The van der Waals surface area contributed by atoms with Gasteiger partial charge in [-0.15, -0.1) is 0 Å². The molecule has 0 spiro atoms. The van der Waals surface area contributed by atoms with Crippen LogP contribution in [0.4, 0.5) is 0 Å². The molecule has 0 heterocycles. The first kappa shape index (κ1) is 22.8. The second kappa shape index (κ2) is 15.7. The summed E-state index contributed by atoms with van der Waals surface area (Å²) in [5.41, 5.74) is 0. The fourth-order valence-corrected chi connectivity index (χ4v) is 0. The molecule has 0 aromatic heterocycles. The van der Waals surface area contributed by atoms with Crippen LogP contribution in [0.15, 0.2) is 0 Å². The molecule has 0 bridgehead atoms. The van der Waals surface area contributed by atoms with E-state index in [-0.39, 0.29) is 162 Å². The van der Waals surface area contributed by atoms with Crippen molar-refractivity contribution >= 4 is 0 Å². The molecule has 4 heteroatoms. The summed E-state index contributed by atoms with van der Waals surface area (Å²) in [6.07, 6.45) is 0. The molecular weight excluding hydrogens is 124 g/mol. The zero-order valence-electron chi connectivity index (χ0n) is 4.00. The fourth-order valence-electron chi connectivity index (χ4n) is 0. The van der Waals surface area contributed by atoms with E-state index in [0.29, 0.717) is 0 Å². The summed E-state index contributed by atoms with van der Waals surface area (Å²) in [5.74, 6) is 0. The van der Waals surface area contributed by atoms with Crippen molar-refractivity contribution in [2.45, 2.75) is 0 Å². The van der Waals surface area contributed by atoms with Crippen molar-refractivity contribution in [2.24, 2.45) is 0 Å². The topological polar surface area (TPSA) is 0 Å². The molecule has 0 radical (unpaired) electrons. The predicted molar refractivity (Wildman–Crippen MR) is 0 cm³/mol. The van der Waals surface area contributed by atoms with Crippen molar-refractivity contribution in [3.8, 4) is 0 Å². The number of hydrogen-bond acceptors (Lipinski definition) is 0. The van der Waals surface area contributed by atoms with Gasteiger partial charge in [-0.1, -0.05) is 0 Å². The van der Waals surface area contributed by atoms with Gasteiger partial charge in [0.05, 0.1) is 0 Å². The van der Waals surface area contributed by atoms with Gasteiger partial charge in [-0.2, -0.15) is 0 Å². The fraction of sp³-hybridized carbons (Fsp3) is 0. The maximum Gasteiger partial charge on any atom is 1.00 e. The first-order valence-electron chi connectivity index (χ1n) is 0. The monoisotopic (exact) mass is 124 g/mol. The van der Waals surface area contributed by atoms with Crippen molar-refractivity contribution in [3.05, 3.63) is 0 Å². The van der Waals surface area contributed by atoms with E-state index in [4.69, 9.17) is 0 Å². The summed E-state index contributed by atoms with van der Waals surface area (Å²) < 4.78 is 0. The summed E-state index contributed by atoms with van der Waals surface area (Å²) >= 11 is 0. The van der Waals surface area contributed by atoms with Crippen molar-refractivity contribution in [2.75, 3.05) is 0 Å². The van der Waals surface area contributed by atoms with E-state index in [1.807, 2.05) is 0 Å². The molecule has 0 aromatic carbocycles. The van der Waals surface area contributed by atoms with Crippen molar-refractivity contribution in [1.29, 1.82) is 0 Å². The van der Waals surface area contributed by atoms with Crippen LogP contribution in [0.1, 0.15) is 0 Å². The van der Waals surface area contributed by atoms with Gasteiger partial charge in [0.2, 0.25) is 0 Å². The first-order valence-corrected chi connectivity index (χ1v) is 0. The third-order valence-electron chi connectivity index (χ3n) is 0. The molecule has 0 fully saturated rings. The standard InChI is InChI=1S/2K.2Na/q4*+1. The Balaban J connectivity index is 0. The van der Waals surface area contributed by atoms with E-state index in [0.717, 1.165) is 0 Å². The van der Waals surface area contributed by atoms with Gasteiger partial charge in [0.25, 0.3) is 0 Å². The molecule has 0 atom stereocenters. The molecular formula is K2Na2+4. The third-order valence-corrected chi connectivity index (χ3v) is 0. The van der Waals surface area contributed by atoms with E-state index < -0.39 is 0 Å². The summed E-state index contributed by atoms with van der Waals surface area (Å²) in [7, 11) is 0. The largest absolute Gasteiger partial charge is 1.00 e. The van der Waals surface area contributed by atoms with Crippen LogP contribution in [0.25, 0.3) is 0 Å². The summed E-state index contributed by atoms with van der Waals surface area (Å²) in [6.45, 7) is 0. The van der Waals surface area contributed by atoms with Crippen molar-refractivity contribution < 1.29 is 162 Å². The summed E-state index contributed by atoms with van der Waals surface area (Å²) in [6, 6.07) is 0. The average Bonchev–Trinajstić information content (AvgIpc) is 0. The van der Waals surface area contributed by atoms with Crippen LogP contribution >= 0.6 is 0 Å². The molecule has 0 aliphatic rings. The number of hydrogen-bond donors (Lipinski definition) is 0. The minimum atomic E-state index is 0. The van der Waals surface area contributed by atoms with Gasteiger partial charge in [0.15, 0.2) is 0 Å². The molecule has 4 heavy (non-hydrogen) atoms. The normalized spacial score (nSPS) is 0. The van der Waals surface area contributed by atoms with Gasteiger partial charge < -0.3 is 0 Å². The van der Waals surface area contributed by atoms with Gasteiger partial charge in [0, 0.05) is 0 Å². The maximum atomic E-state index is 0. The maximum absolute atomic E-state index is 0. The molecule has 0 saturated heterocycles. The Morgan fingerprint density at radius 3 is 0.500 bits per heavy atom. The quantitative estimate of drug-likeness (QED) is 0.281. The van der Waals surface area contributed by atoms with Crippen LogP contribution in [-0.2, 0) is 0 Å².